The number of phenolic OH excluding ortho intramolecular Hbond substituents is 1. The average molecular weight is 509 g/mol. The van der Waals surface area contributed by atoms with Crippen molar-refractivity contribution in [2.45, 2.75) is 43.8 Å². The smallest absolute Gasteiger partial charge is 0.326 e. The molecule has 36 heavy (non-hydrogen) atoms. The number of amides is 4. The van der Waals surface area contributed by atoms with Crippen LogP contribution in [0, 0.1) is 0 Å². The van der Waals surface area contributed by atoms with Crippen LogP contribution in [0.4, 0.5) is 0 Å². The molecule has 4 amide bonds. The Balaban J connectivity index is 2.79. The number of benzene rings is 1. The van der Waals surface area contributed by atoms with Crippen LogP contribution in [-0.4, -0.2) is 77.0 Å². The third-order valence-electron chi connectivity index (χ3n) is 4.78. The maximum absolute atomic E-state index is 12.8. The highest BCUT2D eigenvalue weighted by Gasteiger charge is 2.28. The molecule has 15 heteroatoms. The van der Waals surface area contributed by atoms with E-state index in [4.69, 9.17) is 22.9 Å². The molecule has 13 N–H and O–H groups in total. The molecule has 15 nitrogen and oxygen atoms in total. The molecule has 0 aliphatic rings. The van der Waals surface area contributed by atoms with E-state index < -0.39 is 60.7 Å². The van der Waals surface area contributed by atoms with E-state index in [1.165, 1.54) is 24.3 Å². The molecule has 198 valence electrons. The molecule has 0 aliphatic heterocycles. The molecular formula is C21H32N8O7. The molecular weight excluding hydrogens is 476 g/mol. The van der Waals surface area contributed by atoms with Gasteiger partial charge in [-0.3, -0.25) is 24.2 Å². The number of aliphatic imine (C=N–C) groups is 1. The fraction of sp³-hybridized carbons (Fsp3) is 0.429. The second-order valence-corrected chi connectivity index (χ2v) is 7.83. The first-order valence-electron chi connectivity index (χ1n) is 10.9. The van der Waals surface area contributed by atoms with Gasteiger partial charge in [0.15, 0.2) is 5.96 Å². The number of phenols is 1. The molecule has 3 atom stereocenters. The number of aromatic hydroxyl groups is 1. The predicted molar refractivity (Wildman–Crippen MR) is 128 cm³/mol. The van der Waals surface area contributed by atoms with Gasteiger partial charge in [0.25, 0.3) is 0 Å². The van der Waals surface area contributed by atoms with E-state index in [0.29, 0.717) is 12.0 Å². The number of guanidine groups is 1. The molecule has 0 heterocycles. The van der Waals surface area contributed by atoms with E-state index in [-0.39, 0.29) is 31.1 Å². The van der Waals surface area contributed by atoms with Crippen molar-refractivity contribution in [1.82, 2.24) is 16.0 Å². The van der Waals surface area contributed by atoms with Crippen LogP contribution in [-0.2, 0) is 30.4 Å². The van der Waals surface area contributed by atoms with E-state index in [2.05, 4.69) is 20.9 Å². The fourth-order valence-corrected chi connectivity index (χ4v) is 2.94. The Labute approximate surface area is 206 Å². The second-order valence-electron chi connectivity index (χ2n) is 7.83. The molecule has 0 fully saturated rings. The number of carbonyl (C=O) groups excluding carboxylic acids is 4. The van der Waals surface area contributed by atoms with Gasteiger partial charge < -0.3 is 49.1 Å². The van der Waals surface area contributed by atoms with Crippen molar-refractivity contribution in [3.05, 3.63) is 29.8 Å². The van der Waals surface area contributed by atoms with E-state index >= 15 is 0 Å². The van der Waals surface area contributed by atoms with E-state index in [1.807, 2.05) is 0 Å². The lowest BCUT2D eigenvalue weighted by Crippen LogP contribution is -2.55. The number of nitrogens with zero attached hydrogens (tertiary/aromatic N) is 1. The minimum Gasteiger partial charge on any atom is -0.508 e. The number of aliphatic carboxylic acids is 1. The summed E-state index contributed by atoms with van der Waals surface area (Å²) in [4.78, 5) is 63.6. The number of hydrogen-bond donors (Lipinski definition) is 9. The van der Waals surface area contributed by atoms with Crippen molar-refractivity contribution in [2.75, 3.05) is 13.1 Å². The van der Waals surface area contributed by atoms with E-state index in [9.17, 15) is 34.2 Å². The maximum atomic E-state index is 12.8. The average Bonchev–Trinajstić information content (AvgIpc) is 2.80. The first-order valence-corrected chi connectivity index (χ1v) is 10.9. The van der Waals surface area contributed by atoms with Crippen molar-refractivity contribution < 1.29 is 34.2 Å². The molecule has 0 radical (unpaired) electrons. The number of nitrogens with two attached hydrogens (primary N) is 4. The third kappa shape index (κ3) is 11.6. The van der Waals surface area contributed by atoms with Crippen molar-refractivity contribution in [1.29, 1.82) is 0 Å². The van der Waals surface area contributed by atoms with Gasteiger partial charge in [0.2, 0.25) is 23.6 Å². The van der Waals surface area contributed by atoms with Crippen LogP contribution in [0.2, 0.25) is 0 Å². The summed E-state index contributed by atoms with van der Waals surface area (Å²) in [5.41, 5.74) is 21.8. The van der Waals surface area contributed by atoms with Crippen molar-refractivity contribution in [2.24, 2.45) is 27.9 Å². The van der Waals surface area contributed by atoms with Gasteiger partial charge in [-0.2, -0.15) is 0 Å². The van der Waals surface area contributed by atoms with Gasteiger partial charge in [-0.1, -0.05) is 12.1 Å². The summed E-state index contributed by atoms with van der Waals surface area (Å²) >= 11 is 0. The SMILES string of the molecule is NC(=O)CC(NC(=O)C(Cc1ccc(O)cc1)NC(=O)CNC(=O)C(N)CCCN=C(N)N)C(=O)O. The molecule has 3 unspecified atom stereocenters. The van der Waals surface area contributed by atoms with Gasteiger partial charge in [-0.15, -0.1) is 0 Å². The zero-order valence-electron chi connectivity index (χ0n) is 19.5. The Morgan fingerprint density at radius 1 is 0.944 bits per heavy atom. The molecule has 0 aromatic heterocycles. The molecule has 0 saturated heterocycles. The summed E-state index contributed by atoms with van der Waals surface area (Å²) in [6.07, 6.45) is -0.0484. The highest BCUT2D eigenvalue weighted by atomic mass is 16.4. The summed E-state index contributed by atoms with van der Waals surface area (Å²) < 4.78 is 0. The van der Waals surface area contributed by atoms with Crippen molar-refractivity contribution in [3.63, 3.8) is 0 Å². The zero-order chi connectivity index (χ0) is 27.3. The van der Waals surface area contributed by atoms with Crippen LogP contribution >= 0.6 is 0 Å². The summed E-state index contributed by atoms with van der Waals surface area (Å²) in [7, 11) is 0. The minimum atomic E-state index is -1.61. The van der Waals surface area contributed by atoms with Crippen molar-refractivity contribution >= 4 is 35.6 Å². The van der Waals surface area contributed by atoms with Crippen LogP contribution in [0.1, 0.15) is 24.8 Å². The molecule has 1 aromatic rings. The summed E-state index contributed by atoms with van der Waals surface area (Å²) in [6.45, 7) is -0.228. The quantitative estimate of drug-likeness (QED) is 0.0636. The van der Waals surface area contributed by atoms with Gasteiger partial charge in [0.1, 0.15) is 17.8 Å². The standard InChI is InChI=1S/C21H32N8O7/c22-13(2-1-7-26-21(24)25)18(33)27-10-17(32)28-14(8-11-3-5-12(30)6-4-11)19(34)29-15(20(35)36)9-16(23)31/h3-6,13-15,30H,1-2,7-10,22H2,(H2,23,31)(H,27,33)(H,28,32)(H,29,34)(H,35,36)(H4,24,25,26). The van der Waals surface area contributed by atoms with Crippen LogP contribution in [0.25, 0.3) is 0 Å². The Bertz CT molecular complexity index is 964. The summed E-state index contributed by atoms with van der Waals surface area (Å²) in [5, 5.41) is 25.6. The zero-order valence-corrected chi connectivity index (χ0v) is 19.5. The lowest BCUT2D eigenvalue weighted by atomic mass is 10.0. The molecule has 0 saturated carbocycles. The third-order valence-corrected chi connectivity index (χ3v) is 4.78. The van der Waals surface area contributed by atoms with E-state index in [0.717, 1.165) is 0 Å². The number of carboxylic acid groups (broad SMARTS) is 1. The summed E-state index contributed by atoms with van der Waals surface area (Å²) in [6, 6.07) is 1.94. The normalized spacial score (nSPS) is 12.9. The first-order chi connectivity index (χ1) is 16.9. The van der Waals surface area contributed by atoms with Gasteiger partial charge in [0.05, 0.1) is 19.0 Å². The number of hydrogen-bond acceptors (Lipinski definition) is 8. The lowest BCUT2D eigenvalue weighted by Gasteiger charge is -2.21. The topological polar surface area (TPSA) is 278 Å². The number of rotatable bonds is 15. The largest absolute Gasteiger partial charge is 0.508 e. The Kier molecular flexibility index (Phi) is 12.2. The van der Waals surface area contributed by atoms with Gasteiger partial charge >= 0.3 is 5.97 Å². The Morgan fingerprint density at radius 3 is 2.14 bits per heavy atom. The second kappa shape index (κ2) is 14.8. The highest BCUT2D eigenvalue weighted by molar-refractivity contribution is 5.93. The molecule has 0 bridgehead atoms. The van der Waals surface area contributed by atoms with Crippen LogP contribution in [0.5, 0.6) is 5.75 Å². The van der Waals surface area contributed by atoms with Crippen molar-refractivity contribution in [3.8, 4) is 5.75 Å². The molecule has 1 rings (SSSR count). The van der Waals surface area contributed by atoms with Crippen LogP contribution in [0.3, 0.4) is 0 Å². The van der Waals surface area contributed by atoms with Gasteiger partial charge in [-0.25, -0.2) is 4.79 Å². The van der Waals surface area contributed by atoms with Gasteiger partial charge in [-0.05, 0) is 30.5 Å². The Hall–Kier alpha value is -4.40. The van der Waals surface area contributed by atoms with E-state index in [1.54, 1.807) is 0 Å². The Morgan fingerprint density at radius 2 is 1.58 bits per heavy atom. The lowest BCUT2D eigenvalue weighted by molar-refractivity contribution is -0.143. The maximum Gasteiger partial charge on any atom is 0.326 e. The number of carbonyl (C=O) groups is 5. The molecule has 0 aliphatic carbocycles. The monoisotopic (exact) mass is 508 g/mol. The predicted octanol–water partition coefficient (Wildman–Crippen LogP) is -3.64. The molecule has 1 aromatic carbocycles. The fourth-order valence-electron chi connectivity index (χ4n) is 2.94. The number of primary amides is 1. The number of nitrogens with one attached hydrogen (secondary N) is 3. The summed E-state index contributed by atoms with van der Waals surface area (Å²) in [5.74, 6) is -4.79. The highest BCUT2D eigenvalue weighted by Crippen LogP contribution is 2.12. The number of carboxylic acids is 1. The van der Waals surface area contributed by atoms with Crippen LogP contribution < -0.4 is 38.9 Å². The van der Waals surface area contributed by atoms with Crippen LogP contribution in [0.15, 0.2) is 29.3 Å². The first kappa shape index (κ1) is 29.6. The molecule has 0 spiro atoms. The van der Waals surface area contributed by atoms with Gasteiger partial charge in [0, 0.05) is 13.0 Å². The minimum absolute atomic E-state index is 0.0199.